The van der Waals surface area contributed by atoms with Crippen LogP contribution in [0.2, 0.25) is 5.02 Å². The predicted octanol–water partition coefficient (Wildman–Crippen LogP) is 3.16. The summed E-state index contributed by atoms with van der Waals surface area (Å²) in [6, 6.07) is 9.01. The van der Waals surface area contributed by atoms with Crippen molar-refractivity contribution in [1.82, 2.24) is 9.97 Å². The van der Waals surface area contributed by atoms with E-state index in [-0.39, 0.29) is 11.5 Å². The van der Waals surface area contributed by atoms with Crippen LogP contribution in [0.25, 0.3) is 0 Å². The maximum Gasteiger partial charge on any atom is 0.252 e. The maximum atomic E-state index is 11.5. The number of nitrogens with one attached hydrogen (secondary N) is 2. The maximum absolute atomic E-state index is 11.5. The Morgan fingerprint density at radius 3 is 2.63 bits per heavy atom. The molecule has 0 bridgehead atoms. The molecule has 2 aromatic rings. The number of nitrogens with zero attached hydrogens (tertiary/aromatic N) is 1. The highest BCUT2D eigenvalue weighted by Gasteiger charge is 2.04. The molecule has 0 aliphatic carbocycles. The molecular weight excluding hydrogens is 262 g/mol. The smallest absolute Gasteiger partial charge is 0.252 e. The van der Waals surface area contributed by atoms with Gasteiger partial charge in [0.25, 0.3) is 5.56 Å². The molecule has 0 atom stereocenters. The molecule has 4 nitrogen and oxygen atoms in total. The van der Waals surface area contributed by atoms with E-state index in [2.05, 4.69) is 15.3 Å². The van der Waals surface area contributed by atoms with E-state index in [1.807, 2.05) is 38.1 Å². The Bertz CT molecular complexity index is 605. The molecule has 0 amide bonds. The molecule has 0 saturated carbocycles. The van der Waals surface area contributed by atoms with Crippen LogP contribution in [0.1, 0.15) is 31.2 Å². The summed E-state index contributed by atoms with van der Waals surface area (Å²) in [5.74, 6) is 1.46. The van der Waals surface area contributed by atoms with Gasteiger partial charge < -0.3 is 10.3 Å². The van der Waals surface area contributed by atoms with Crippen molar-refractivity contribution in [3.05, 3.63) is 57.1 Å². The molecule has 0 aliphatic heterocycles. The summed E-state index contributed by atoms with van der Waals surface area (Å²) in [5, 5.41) is 3.85. The molecule has 0 fully saturated rings. The fraction of sp³-hybridized carbons (Fsp3) is 0.286. The van der Waals surface area contributed by atoms with Gasteiger partial charge in [-0.05, 0) is 17.7 Å². The van der Waals surface area contributed by atoms with E-state index >= 15 is 0 Å². The number of hydrogen-bond acceptors (Lipinski definition) is 3. The zero-order chi connectivity index (χ0) is 13.8. The van der Waals surface area contributed by atoms with Gasteiger partial charge in [0.05, 0.1) is 0 Å². The molecule has 1 aromatic heterocycles. The normalized spacial score (nSPS) is 10.7. The molecule has 5 heteroatoms. The molecule has 0 radical (unpaired) electrons. The van der Waals surface area contributed by atoms with Crippen molar-refractivity contribution >= 4 is 17.4 Å². The van der Waals surface area contributed by atoms with E-state index in [1.165, 1.54) is 6.07 Å². The lowest BCUT2D eigenvalue weighted by molar-refractivity contribution is 0.766. The van der Waals surface area contributed by atoms with E-state index < -0.39 is 0 Å². The molecule has 0 spiro atoms. The number of aromatic nitrogens is 2. The average molecular weight is 278 g/mol. The second-order valence-electron chi connectivity index (χ2n) is 4.65. The SMILES string of the molecule is CC(C)c1nc(NCc2ccc(Cl)cc2)cc(=O)[nH]1. The van der Waals surface area contributed by atoms with Gasteiger partial charge in [-0.25, -0.2) is 4.98 Å². The third-order valence-electron chi connectivity index (χ3n) is 2.69. The van der Waals surface area contributed by atoms with Gasteiger partial charge in [-0.3, -0.25) is 4.79 Å². The van der Waals surface area contributed by atoms with Gasteiger partial charge in [0.15, 0.2) is 0 Å². The molecule has 2 rings (SSSR count). The minimum Gasteiger partial charge on any atom is -0.366 e. The lowest BCUT2D eigenvalue weighted by Gasteiger charge is -2.09. The molecule has 100 valence electrons. The lowest BCUT2D eigenvalue weighted by atomic mass is 10.2. The van der Waals surface area contributed by atoms with Gasteiger partial charge in [-0.15, -0.1) is 0 Å². The molecular formula is C14H16ClN3O. The van der Waals surface area contributed by atoms with Crippen LogP contribution < -0.4 is 10.9 Å². The van der Waals surface area contributed by atoms with Crippen molar-refractivity contribution in [3.63, 3.8) is 0 Å². The van der Waals surface area contributed by atoms with Crippen molar-refractivity contribution in [3.8, 4) is 0 Å². The molecule has 1 heterocycles. The second kappa shape index (κ2) is 5.89. The molecule has 0 aliphatic rings. The van der Waals surface area contributed by atoms with Crippen molar-refractivity contribution in [2.24, 2.45) is 0 Å². The van der Waals surface area contributed by atoms with Crippen molar-refractivity contribution in [1.29, 1.82) is 0 Å². The zero-order valence-corrected chi connectivity index (χ0v) is 11.7. The Morgan fingerprint density at radius 1 is 1.32 bits per heavy atom. The van der Waals surface area contributed by atoms with Crippen LogP contribution in [0.15, 0.2) is 35.1 Å². The summed E-state index contributed by atoms with van der Waals surface area (Å²) >= 11 is 5.83. The summed E-state index contributed by atoms with van der Waals surface area (Å²) in [7, 11) is 0. The van der Waals surface area contributed by atoms with Crippen molar-refractivity contribution in [2.75, 3.05) is 5.32 Å². The van der Waals surface area contributed by atoms with Crippen LogP contribution >= 0.6 is 11.6 Å². The number of hydrogen-bond donors (Lipinski definition) is 2. The van der Waals surface area contributed by atoms with E-state index in [0.717, 1.165) is 5.56 Å². The van der Waals surface area contributed by atoms with Crippen LogP contribution in [0.5, 0.6) is 0 Å². The summed E-state index contributed by atoms with van der Waals surface area (Å²) in [4.78, 5) is 18.6. The van der Waals surface area contributed by atoms with E-state index in [4.69, 9.17) is 11.6 Å². The third-order valence-corrected chi connectivity index (χ3v) is 2.95. The largest absolute Gasteiger partial charge is 0.366 e. The van der Waals surface area contributed by atoms with Crippen LogP contribution in [0, 0.1) is 0 Å². The zero-order valence-electron chi connectivity index (χ0n) is 10.9. The van der Waals surface area contributed by atoms with Crippen molar-refractivity contribution in [2.45, 2.75) is 26.3 Å². The highest BCUT2D eigenvalue weighted by molar-refractivity contribution is 6.30. The van der Waals surface area contributed by atoms with E-state index in [9.17, 15) is 4.79 Å². The Balaban J connectivity index is 2.11. The van der Waals surface area contributed by atoms with Gasteiger partial charge in [0.1, 0.15) is 11.6 Å². The Kier molecular flexibility index (Phi) is 4.22. The summed E-state index contributed by atoms with van der Waals surface area (Å²) in [6.45, 7) is 4.58. The number of H-pyrrole nitrogens is 1. The second-order valence-corrected chi connectivity index (χ2v) is 5.09. The van der Waals surface area contributed by atoms with Crippen LogP contribution in [0.4, 0.5) is 5.82 Å². The van der Waals surface area contributed by atoms with Crippen molar-refractivity contribution < 1.29 is 0 Å². The number of halogens is 1. The highest BCUT2D eigenvalue weighted by atomic mass is 35.5. The molecule has 0 saturated heterocycles. The Labute approximate surface area is 116 Å². The number of rotatable bonds is 4. The average Bonchev–Trinajstić information content (AvgIpc) is 2.37. The topological polar surface area (TPSA) is 57.8 Å². The van der Waals surface area contributed by atoms with Gasteiger partial charge in [-0.1, -0.05) is 37.6 Å². The predicted molar refractivity (Wildman–Crippen MR) is 77.7 cm³/mol. The Morgan fingerprint density at radius 2 is 2.00 bits per heavy atom. The van der Waals surface area contributed by atoms with Gasteiger partial charge >= 0.3 is 0 Å². The first kappa shape index (κ1) is 13.6. The highest BCUT2D eigenvalue weighted by Crippen LogP contribution is 2.12. The third kappa shape index (κ3) is 3.83. The number of benzene rings is 1. The fourth-order valence-corrected chi connectivity index (χ4v) is 1.76. The first-order chi connectivity index (χ1) is 9.04. The standard InChI is InChI=1S/C14H16ClN3O/c1-9(2)14-17-12(7-13(19)18-14)16-8-10-3-5-11(15)6-4-10/h3-7,9H,8H2,1-2H3,(H2,16,17,18,19). The number of aromatic amines is 1. The first-order valence-corrected chi connectivity index (χ1v) is 6.52. The summed E-state index contributed by atoms with van der Waals surface area (Å²) < 4.78 is 0. The molecule has 0 unspecified atom stereocenters. The summed E-state index contributed by atoms with van der Waals surface area (Å²) in [6.07, 6.45) is 0. The van der Waals surface area contributed by atoms with Crippen LogP contribution in [-0.4, -0.2) is 9.97 Å². The number of anilines is 1. The van der Waals surface area contributed by atoms with Crippen LogP contribution in [0.3, 0.4) is 0 Å². The van der Waals surface area contributed by atoms with Gasteiger partial charge in [0, 0.05) is 23.6 Å². The quantitative estimate of drug-likeness (QED) is 0.902. The van der Waals surface area contributed by atoms with Gasteiger partial charge in [0.2, 0.25) is 0 Å². The molecule has 19 heavy (non-hydrogen) atoms. The molecule has 1 aromatic carbocycles. The molecule has 2 N–H and O–H groups in total. The first-order valence-electron chi connectivity index (χ1n) is 6.14. The minimum atomic E-state index is -0.141. The monoisotopic (exact) mass is 277 g/mol. The lowest BCUT2D eigenvalue weighted by Crippen LogP contribution is -2.14. The van der Waals surface area contributed by atoms with Gasteiger partial charge in [-0.2, -0.15) is 0 Å². The summed E-state index contributed by atoms with van der Waals surface area (Å²) in [5.41, 5.74) is 0.940. The fourth-order valence-electron chi connectivity index (χ4n) is 1.64. The van der Waals surface area contributed by atoms with E-state index in [0.29, 0.717) is 23.2 Å². The minimum absolute atomic E-state index is 0.141. The van der Waals surface area contributed by atoms with E-state index in [1.54, 1.807) is 0 Å². The Hall–Kier alpha value is -1.81. The van der Waals surface area contributed by atoms with Crippen LogP contribution in [-0.2, 0) is 6.54 Å².